The van der Waals surface area contributed by atoms with Crippen LogP contribution >= 0.6 is 23.2 Å². The van der Waals surface area contributed by atoms with Crippen molar-refractivity contribution in [2.75, 3.05) is 40.4 Å². The van der Waals surface area contributed by atoms with E-state index < -0.39 is 30.0 Å². The second kappa shape index (κ2) is 12.7. The van der Waals surface area contributed by atoms with Gasteiger partial charge in [0.25, 0.3) is 5.91 Å². The lowest BCUT2D eigenvalue weighted by molar-refractivity contribution is -0.151. The van der Waals surface area contributed by atoms with Crippen LogP contribution < -0.4 is 42.8 Å². The van der Waals surface area contributed by atoms with Gasteiger partial charge in [0, 0.05) is 40.9 Å². The first-order chi connectivity index (χ1) is 24.4. The van der Waals surface area contributed by atoms with Gasteiger partial charge in [-0.3, -0.25) is 14.5 Å². The van der Waals surface area contributed by atoms with Gasteiger partial charge >= 0.3 is 5.97 Å². The fourth-order valence-corrected chi connectivity index (χ4v) is 6.73. The highest BCUT2D eigenvalue weighted by molar-refractivity contribution is 6.38. The number of fused-ring (bicyclic) bond motifs is 3. The van der Waals surface area contributed by atoms with Crippen molar-refractivity contribution >= 4 is 85.9 Å². The summed E-state index contributed by atoms with van der Waals surface area (Å²) in [6.07, 6.45) is -3.30. The Balaban J connectivity index is 1.35. The number of nitrogen functional groups attached to an aromatic ring is 4. The molecule has 2 unspecified atom stereocenters. The summed E-state index contributed by atoms with van der Waals surface area (Å²) in [5, 5.41) is 0.739. The normalized spacial score (nSPS) is 16.7. The SMILES string of the molecule is COC1C(=O)ONc2c(N)c(N)c3c(Cl)c2N1C(=O)c1ccccc1C(=O)C3Oc1cc(Cl)c(COc2cccc3ccc(C)nc23)c(N)c1N. The zero-order valence-corrected chi connectivity index (χ0v) is 28.5. The van der Waals surface area contributed by atoms with Crippen LogP contribution in [0.5, 0.6) is 11.5 Å². The fourth-order valence-electron chi connectivity index (χ4n) is 6.09. The number of rotatable bonds is 6. The summed E-state index contributed by atoms with van der Waals surface area (Å²) in [5.74, 6) is -2.15. The van der Waals surface area contributed by atoms with Crippen LogP contribution in [0.3, 0.4) is 0 Å². The molecule has 2 aliphatic heterocycles. The molecule has 1 amide bonds. The largest absolute Gasteiger partial charge is 0.486 e. The van der Waals surface area contributed by atoms with E-state index in [2.05, 4.69) is 10.5 Å². The van der Waals surface area contributed by atoms with E-state index in [1.807, 2.05) is 31.2 Å². The van der Waals surface area contributed by atoms with Crippen molar-refractivity contribution in [1.82, 2.24) is 4.98 Å². The van der Waals surface area contributed by atoms with Crippen LogP contribution in [0.1, 0.15) is 43.6 Å². The molecule has 2 aliphatic rings. The maximum absolute atomic E-state index is 14.5. The Kier molecular flexibility index (Phi) is 8.37. The number of methoxy groups -OCH3 is 1. The number of amides is 1. The maximum Gasteiger partial charge on any atom is 0.381 e. The average Bonchev–Trinajstić information content (AvgIpc) is 3.26. The Bertz CT molecular complexity index is 2320. The van der Waals surface area contributed by atoms with E-state index in [0.717, 1.165) is 16.0 Å². The lowest BCUT2D eigenvalue weighted by atomic mass is 9.94. The number of aryl methyl sites for hydroxylation is 1. The molecule has 9 N–H and O–H groups in total. The van der Waals surface area contributed by atoms with Crippen molar-refractivity contribution in [1.29, 1.82) is 0 Å². The summed E-state index contributed by atoms with van der Waals surface area (Å²) in [6.45, 7) is 1.80. The molecule has 5 aromatic rings. The van der Waals surface area contributed by atoms with Crippen molar-refractivity contribution in [3.8, 4) is 11.5 Å². The lowest BCUT2D eigenvalue weighted by Gasteiger charge is -2.29. The van der Waals surface area contributed by atoms with Gasteiger partial charge in [0.1, 0.15) is 29.3 Å². The van der Waals surface area contributed by atoms with E-state index in [1.165, 1.54) is 25.3 Å². The number of para-hydroxylation sites is 1. The van der Waals surface area contributed by atoms with Crippen LogP contribution in [-0.2, 0) is 21.0 Å². The maximum atomic E-state index is 14.5. The Labute approximate surface area is 300 Å². The van der Waals surface area contributed by atoms with Crippen molar-refractivity contribution in [3.63, 3.8) is 0 Å². The van der Waals surface area contributed by atoms with Gasteiger partial charge in [0.2, 0.25) is 12.0 Å². The van der Waals surface area contributed by atoms with Gasteiger partial charge in [0.05, 0.1) is 44.0 Å². The number of nitrogens with one attached hydrogen (secondary N) is 1. The molecule has 0 fully saturated rings. The van der Waals surface area contributed by atoms with Gasteiger partial charge in [-0.05, 0) is 25.1 Å². The third-order valence-electron chi connectivity index (χ3n) is 8.69. The van der Waals surface area contributed by atoms with E-state index in [1.54, 1.807) is 18.2 Å². The summed E-state index contributed by atoms with van der Waals surface area (Å²) < 4.78 is 17.8. The van der Waals surface area contributed by atoms with Crippen LogP contribution in [-0.4, -0.2) is 36.0 Å². The van der Waals surface area contributed by atoms with Gasteiger partial charge in [-0.25, -0.2) is 15.3 Å². The molecular formula is C35H29Cl2N7O7. The number of benzene rings is 4. The highest BCUT2D eigenvalue weighted by Gasteiger charge is 2.45. The van der Waals surface area contributed by atoms with E-state index >= 15 is 0 Å². The van der Waals surface area contributed by atoms with Gasteiger partial charge < -0.3 is 42.0 Å². The first-order valence-electron chi connectivity index (χ1n) is 15.3. The number of ether oxygens (including phenoxy) is 3. The predicted octanol–water partition coefficient (Wildman–Crippen LogP) is 5.58. The number of anilines is 6. The molecular weight excluding hydrogens is 701 g/mol. The van der Waals surface area contributed by atoms with Crippen molar-refractivity contribution in [2.45, 2.75) is 25.9 Å². The predicted molar refractivity (Wildman–Crippen MR) is 193 cm³/mol. The minimum Gasteiger partial charge on any atom is -0.486 e. The first-order valence-corrected chi connectivity index (χ1v) is 16.1. The molecule has 260 valence electrons. The topological polar surface area (TPSA) is 220 Å². The number of carbonyl (C=O) groups excluding carboxylic acids is 3. The number of nitrogens with zero attached hydrogens (tertiary/aromatic N) is 2. The van der Waals surface area contributed by atoms with Crippen LogP contribution in [0.25, 0.3) is 10.9 Å². The standard InChI is InChI=1S/C35H29Cl2N7O7/c1-14-10-11-15-6-5-9-20(28(15)42-14)49-13-18-19(36)12-21(25(39)24(18)38)50-32-22-23(37)30-29(27(41)26(22)40)43-51-35(47)34(48-2)44(30)33(46)17-8-4-3-7-16(17)31(32)45/h3-12,32,34,43H,13,38-41H2,1-2H3. The van der Waals surface area contributed by atoms with Gasteiger partial charge in [-0.15, -0.1) is 0 Å². The molecule has 51 heavy (non-hydrogen) atoms. The minimum atomic E-state index is -1.66. The highest BCUT2D eigenvalue weighted by Crippen LogP contribution is 2.52. The van der Waals surface area contributed by atoms with E-state index in [9.17, 15) is 14.4 Å². The Morgan fingerprint density at radius 2 is 1.65 bits per heavy atom. The van der Waals surface area contributed by atoms with Crippen LogP contribution in [0.15, 0.2) is 60.7 Å². The van der Waals surface area contributed by atoms with E-state index in [4.69, 9.17) is 65.2 Å². The zero-order valence-electron chi connectivity index (χ0n) is 27.0. The van der Waals surface area contributed by atoms with Gasteiger partial charge in [-0.1, -0.05) is 59.6 Å². The molecule has 0 saturated heterocycles. The molecule has 0 aliphatic carbocycles. The summed E-state index contributed by atoms with van der Waals surface area (Å²) in [6, 6.07) is 16.7. The molecule has 0 spiro atoms. The second-order valence-electron chi connectivity index (χ2n) is 11.7. The number of halogens is 2. The van der Waals surface area contributed by atoms with E-state index in [-0.39, 0.29) is 73.2 Å². The van der Waals surface area contributed by atoms with Crippen molar-refractivity contribution in [2.24, 2.45) is 0 Å². The molecule has 16 heteroatoms. The number of ketones is 1. The number of nitrogens with two attached hydrogens (primary N) is 4. The Morgan fingerprint density at radius 1 is 0.902 bits per heavy atom. The lowest BCUT2D eigenvalue weighted by Crippen LogP contribution is -2.46. The quantitative estimate of drug-likeness (QED) is 0.135. The smallest absolute Gasteiger partial charge is 0.381 e. The molecule has 1 aromatic heterocycles. The zero-order chi connectivity index (χ0) is 36.3. The summed E-state index contributed by atoms with van der Waals surface area (Å²) >= 11 is 13.8. The second-order valence-corrected chi connectivity index (χ2v) is 12.5. The summed E-state index contributed by atoms with van der Waals surface area (Å²) in [4.78, 5) is 52.4. The highest BCUT2D eigenvalue weighted by atomic mass is 35.5. The Hall–Kier alpha value is -5.96. The molecule has 3 heterocycles. The molecule has 2 atom stereocenters. The van der Waals surface area contributed by atoms with Crippen LogP contribution in [0, 0.1) is 6.92 Å². The molecule has 4 aromatic carbocycles. The minimum absolute atomic E-state index is 0.0300. The number of carbonyl (C=O) groups is 3. The third-order valence-corrected chi connectivity index (χ3v) is 9.41. The number of Topliss-reactive ketones (excluding diaryl/α,β-unsaturated/α-hetero) is 1. The van der Waals surface area contributed by atoms with Crippen LogP contribution in [0.4, 0.5) is 34.1 Å². The monoisotopic (exact) mass is 729 g/mol. The Morgan fingerprint density at radius 3 is 2.39 bits per heavy atom. The number of hydrogen-bond acceptors (Lipinski definition) is 13. The molecule has 0 saturated carbocycles. The van der Waals surface area contributed by atoms with Crippen molar-refractivity contribution < 1.29 is 33.4 Å². The number of hydrogen-bond donors (Lipinski definition) is 5. The van der Waals surface area contributed by atoms with Gasteiger partial charge in [-0.2, -0.15) is 0 Å². The molecule has 7 rings (SSSR count). The van der Waals surface area contributed by atoms with Gasteiger partial charge in [0.15, 0.2) is 6.10 Å². The van der Waals surface area contributed by atoms with Crippen LogP contribution in [0.2, 0.25) is 10.0 Å². The molecule has 2 bridgehead atoms. The first kappa shape index (κ1) is 33.5. The number of pyridine rings is 1. The van der Waals surface area contributed by atoms with E-state index in [0.29, 0.717) is 16.8 Å². The molecule has 14 nitrogen and oxygen atoms in total. The average molecular weight is 731 g/mol. The molecule has 0 radical (unpaired) electrons. The summed E-state index contributed by atoms with van der Waals surface area (Å²) in [5.41, 5.74) is 29.3. The number of aromatic nitrogens is 1. The summed E-state index contributed by atoms with van der Waals surface area (Å²) in [7, 11) is 1.20. The third kappa shape index (κ3) is 5.40. The fraction of sp³-hybridized carbons (Fsp3) is 0.143. The van der Waals surface area contributed by atoms with Crippen molar-refractivity contribution in [3.05, 3.63) is 98.7 Å².